The molecule has 0 saturated carbocycles. The van der Waals surface area contributed by atoms with Crippen LogP contribution in [0.5, 0.6) is 0 Å². The van der Waals surface area contributed by atoms with Crippen LogP contribution >= 0.6 is 0 Å². The maximum atomic E-state index is 11.4. The first kappa shape index (κ1) is 14.9. The molecule has 0 heterocycles. The summed E-state index contributed by atoms with van der Waals surface area (Å²) < 4.78 is 4.56. The number of hydrogen-bond acceptors (Lipinski definition) is 6. The van der Waals surface area contributed by atoms with Gasteiger partial charge in [-0.25, -0.2) is 4.79 Å². The Balaban J connectivity index is 3.15. The number of nitrogens with one attached hydrogen (secondary N) is 1. The summed E-state index contributed by atoms with van der Waals surface area (Å²) in [5.41, 5.74) is 0.247. The predicted octanol–water partition coefficient (Wildman–Crippen LogP) is 1.56. The number of carbonyl (C=O) groups is 1. The predicted molar refractivity (Wildman–Crippen MR) is 69.2 cm³/mol. The van der Waals surface area contributed by atoms with E-state index in [1.807, 2.05) is 6.92 Å². The van der Waals surface area contributed by atoms with E-state index in [4.69, 9.17) is 5.11 Å². The minimum absolute atomic E-state index is 0.153. The van der Waals surface area contributed by atoms with Crippen LogP contribution in [0, 0.1) is 10.1 Å². The molecule has 0 spiro atoms. The summed E-state index contributed by atoms with van der Waals surface area (Å²) in [4.78, 5) is 21.8. The molecule has 0 aliphatic heterocycles. The monoisotopic (exact) mass is 268 g/mol. The highest BCUT2D eigenvalue weighted by atomic mass is 16.6. The molecular weight excluding hydrogens is 252 g/mol. The quantitative estimate of drug-likeness (QED) is 0.461. The fourth-order valence-electron chi connectivity index (χ4n) is 1.55. The first-order chi connectivity index (χ1) is 9.03. The highest BCUT2D eigenvalue weighted by molar-refractivity contribution is 5.91. The fourth-order valence-corrected chi connectivity index (χ4v) is 1.55. The van der Waals surface area contributed by atoms with Crippen molar-refractivity contribution < 1.29 is 19.6 Å². The Bertz CT molecular complexity index is 471. The van der Waals surface area contributed by atoms with Crippen LogP contribution in [0.25, 0.3) is 0 Å². The number of hydrogen-bond donors (Lipinski definition) is 2. The molecule has 0 amide bonds. The average Bonchev–Trinajstić information content (AvgIpc) is 2.43. The third-order valence-corrected chi connectivity index (χ3v) is 2.69. The van der Waals surface area contributed by atoms with E-state index in [1.165, 1.54) is 25.3 Å². The Labute approximate surface area is 110 Å². The zero-order valence-electron chi connectivity index (χ0n) is 10.8. The third-order valence-electron chi connectivity index (χ3n) is 2.69. The second kappa shape index (κ2) is 6.69. The number of nitro benzene ring substituents is 1. The SMILES string of the molecule is CC[C@@H](CO)Nc1cc(C(=O)OC)ccc1[N+](=O)[O-]. The Morgan fingerprint density at radius 2 is 2.26 bits per heavy atom. The summed E-state index contributed by atoms with van der Waals surface area (Å²) in [6, 6.07) is 3.60. The smallest absolute Gasteiger partial charge is 0.337 e. The van der Waals surface area contributed by atoms with Crippen molar-refractivity contribution in [3.8, 4) is 0 Å². The number of ether oxygens (including phenoxy) is 1. The van der Waals surface area contributed by atoms with Crippen LogP contribution in [0.1, 0.15) is 23.7 Å². The molecule has 0 aromatic heterocycles. The van der Waals surface area contributed by atoms with Crippen LogP contribution in [0.3, 0.4) is 0 Å². The van der Waals surface area contributed by atoms with E-state index in [-0.39, 0.29) is 29.6 Å². The highest BCUT2D eigenvalue weighted by Gasteiger charge is 2.19. The van der Waals surface area contributed by atoms with Gasteiger partial charge in [0.15, 0.2) is 0 Å². The summed E-state index contributed by atoms with van der Waals surface area (Å²) in [6.07, 6.45) is 0.593. The van der Waals surface area contributed by atoms with Gasteiger partial charge in [-0.2, -0.15) is 0 Å². The third kappa shape index (κ3) is 3.65. The van der Waals surface area contributed by atoms with E-state index in [0.29, 0.717) is 6.42 Å². The molecule has 0 aliphatic carbocycles. The van der Waals surface area contributed by atoms with Gasteiger partial charge in [0.1, 0.15) is 5.69 Å². The van der Waals surface area contributed by atoms with Crippen molar-refractivity contribution in [3.05, 3.63) is 33.9 Å². The van der Waals surface area contributed by atoms with Gasteiger partial charge in [-0.1, -0.05) is 6.92 Å². The zero-order valence-corrected chi connectivity index (χ0v) is 10.8. The first-order valence-electron chi connectivity index (χ1n) is 5.77. The van der Waals surface area contributed by atoms with E-state index >= 15 is 0 Å². The number of methoxy groups -OCH3 is 1. The van der Waals surface area contributed by atoms with Gasteiger partial charge < -0.3 is 15.2 Å². The fraction of sp³-hybridized carbons (Fsp3) is 0.417. The summed E-state index contributed by atoms with van der Waals surface area (Å²) in [5, 5.41) is 22.9. The van der Waals surface area contributed by atoms with Gasteiger partial charge in [0.2, 0.25) is 0 Å². The molecule has 1 aromatic rings. The molecule has 0 aliphatic rings. The molecule has 0 bridgehead atoms. The van der Waals surface area contributed by atoms with Crippen LogP contribution < -0.4 is 5.32 Å². The number of anilines is 1. The van der Waals surface area contributed by atoms with Crippen LogP contribution in [-0.2, 0) is 4.74 Å². The van der Waals surface area contributed by atoms with E-state index < -0.39 is 10.9 Å². The van der Waals surface area contributed by atoms with E-state index in [1.54, 1.807) is 0 Å². The maximum Gasteiger partial charge on any atom is 0.337 e. The minimum atomic E-state index is -0.574. The lowest BCUT2D eigenvalue weighted by Crippen LogP contribution is -2.23. The molecule has 1 rings (SSSR count). The van der Waals surface area contributed by atoms with Crippen molar-refractivity contribution in [1.29, 1.82) is 0 Å². The van der Waals surface area contributed by atoms with Crippen molar-refractivity contribution >= 4 is 17.3 Å². The number of rotatable bonds is 6. The molecule has 104 valence electrons. The normalized spacial score (nSPS) is 11.7. The van der Waals surface area contributed by atoms with Gasteiger partial charge in [0.25, 0.3) is 5.69 Å². The van der Waals surface area contributed by atoms with Crippen LogP contribution in [-0.4, -0.2) is 35.8 Å². The van der Waals surface area contributed by atoms with Crippen LogP contribution in [0.15, 0.2) is 18.2 Å². The minimum Gasteiger partial charge on any atom is -0.465 e. The number of aliphatic hydroxyl groups excluding tert-OH is 1. The van der Waals surface area contributed by atoms with Gasteiger partial charge >= 0.3 is 5.97 Å². The second-order valence-corrected chi connectivity index (χ2v) is 3.91. The Hall–Kier alpha value is -2.15. The molecule has 19 heavy (non-hydrogen) atoms. The van der Waals surface area contributed by atoms with Gasteiger partial charge in [0.05, 0.1) is 24.2 Å². The number of benzene rings is 1. The number of esters is 1. The molecule has 1 aromatic carbocycles. The average molecular weight is 268 g/mol. The number of nitrogens with zero attached hydrogens (tertiary/aromatic N) is 1. The molecule has 0 radical (unpaired) electrons. The van der Waals surface area contributed by atoms with Crippen molar-refractivity contribution in [1.82, 2.24) is 0 Å². The molecule has 0 saturated heterocycles. The lowest BCUT2D eigenvalue weighted by atomic mass is 10.1. The second-order valence-electron chi connectivity index (χ2n) is 3.91. The van der Waals surface area contributed by atoms with Crippen molar-refractivity contribution in [3.63, 3.8) is 0 Å². The van der Waals surface area contributed by atoms with Crippen molar-refractivity contribution in [2.75, 3.05) is 19.0 Å². The Morgan fingerprint density at radius 3 is 2.74 bits per heavy atom. The standard InChI is InChI=1S/C12H16N2O5/c1-3-9(7-15)13-10-6-8(12(16)19-2)4-5-11(10)14(17)18/h4-6,9,13,15H,3,7H2,1-2H3/t9-/m0/s1. The zero-order chi connectivity index (χ0) is 14.4. The Kier molecular flexibility index (Phi) is 5.25. The van der Waals surface area contributed by atoms with E-state index in [2.05, 4.69) is 10.1 Å². The molecule has 7 heteroatoms. The number of carbonyl (C=O) groups excluding carboxylic acids is 1. The topological polar surface area (TPSA) is 102 Å². The molecule has 0 fully saturated rings. The molecule has 7 nitrogen and oxygen atoms in total. The van der Waals surface area contributed by atoms with Crippen LogP contribution in [0.2, 0.25) is 0 Å². The van der Waals surface area contributed by atoms with Crippen molar-refractivity contribution in [2.24, 2.45) is 0 Å². The summed E-state index contributed by atoms with van der Waals surface area (Å²) in [5.74, 6) is -0.574. The highest BCUT2D eigenvalue weighted by Crippen LogP contribution is 2.26. The number of aliphatic hydroxyl groups is 1. The molecule has 1 atom stereocenters. The van der Waals surface area contributed by atoms with E-state index in [9.17, 15) is 14.9 Å². The van der Waals surface area contributed by atoms with Gasteiger partial charge in [-0.15, -0.1) is 0 Å². The van der Waals surface area contributed by atoms with Crippen molar-refractivity contribution in [2.45, 2.75) is 19.4 Å². The molecular formula is C12H16N2O5. The largest absolute Gasteiger partial charge is 0.465 e. The summed E-state index contributed by atoms with van der Waals surface area (Å²) >= 11 is 0. The van der Waals surface area contributed by atoms with Crippen LogP contribution in [0.4, 0.5) is 11.4 Å². The summed E-state index contributed by atoms with van der Waals surface area (Å²) in [6.45, 7) is 1.68. The van der Waals surface area contributed by atoms with E-state index in [0.717, 1.165) is 0 Å². The lowest BCUT2D eigenvalue weighted by molar-refractivity contribution is -0.384. The summed E-state index contributed by atoms with van der Waals surface area (Å²) in [7, 11) is 1.24. The first-order valence-corrected chi connectivity index (χ1v) is 5.77. The number of nitro groups is 1. The van der Waals surface area contributed by atoms with Gasteiger partial charge in [-0.05, 0) is 18.6 Å². The molecule has 2 N–H and O–H groups in total. The van der Waals surface area contributed by atoms with Gasteiger partial charge in [-0.3, -0.25) is 10.1 Å². The van der Waals surface area contributed by atoms with Gasteiger partial charge in [0, 0.05) is 12.1 Å². The maximum absolute atomic E-state index is 11.4. The molecule has 0 unspecified atom stereocenters. The lowest BCUT2D eigenvalue weighted by Gasteiger charge is -2.16. The Morgan fingerprint density at radius 1 is 1.58 bits per heavy atom.